The van der Waals surface area contributed by atoms with Crippen LogP contribution in [0.3, 0.4) is 0 Å². The summed E-state index contributed by atoms with van der Waals surface area (Å²) in [5.41, 5.74) is 15.2. The van der Waals surface area contributed by atoms with E-state index in [4.69, 9.17) is 21.3 Å². The van der Waals surface area contributed by atoms with Crippen molar-refractivity contribution in [2.45, 2.75) is 77.0 Å². The molecule has 2 heterocycles. The lowest BCUT2D eigenvalue weighted by molar-refractivity contribution is 0.0212. The summed E-state index contributed by atoms with van der Waals surface area (Å²) in [5.74, 6) is -0.193. The van der Waals surface area contributed by atoms with Gasteiger partial charge in [0.15, 0.2) is 0 Å². The third-order valence-electron chi connectivity index (χ3n) is 6.39. The van der Waals surface area contributed by atoms with Crippen molar-refractivity contribution in [2.24, 2.45) is 5.73 Å². The minimum Gasteiger partial charge on any atom is -0.444 e. The number of nitrogens with two attached hydrogens (primary N) is 2. The van der Waals surface area contributed by atoms with Gasteiger partial charge in [0.1, 0.15) is 17.0 Å². The summed E-state index contributed by atoms with van der Waals surface area (Å²) < 4.78 is 7.22. The van der Waals surface area contributed by atoms with E-state index in [1.165, 1.54) is 11.1 Å². The fraction of sp³-hybridized carbons (Fsp3) is 0.542. The van der Waals surface area contributed by atoms with Crippen molar-refractivity contribution in [2.75, 3.05) is 12.3 Å². The number of hydrogen-bond donors (Lipinski definition) is 2. The van der Waals surface area contributed by atoms with Crippen LogP contribution in [-0.2, 0) is 24.1 Å². The maximum Gasteiger partial charge on any atom is 0.410 e. The van der Waals surface area contributed by atoms with Crippen LogP contribution in [0.1, 0.15) is 73.1 Å². The highest BCUT2D eigenvalue weighted by molar-refractivity contribution is 5.98. The molecule has 0 spiro atoms. The lowest BCUT2D eigenvalue weighted by Crippen LogP contribution is -2.41. The molecule has 1 fully saturated rings. The molecule has 1 aromatic heterocycles. The number of likely N-dealkylation sites (tertiary alicyclic amines) is 1. The molecule has 1 aliphatic carbocycles. The smallest absolute Gasteiger partial charge is 0.410 e. The van der Waals surface area contributed by atoms with Crippen molar-refractivity contribution in [3.8, 4) is 0 Å². The van der Waals surface area contributed by atoms with Crippen LogP contribution in [0.25, 0.3) is 0 Å². The second-order valence-corrected chi connectivity index (χ2v) is 9.87. The molecule has 2 aliphatic rings. The highest BCUT2D eigenvalue weighted by atomic mass is 16.6. The summed E-state index contributed by atoms with van der Waals surface area (Å²) in [6, 6.07) is 8.28. The number of fused-ring (bicyclic) bond motifs is 1. The molecule has 4 N–H and O–H groups in total. The number of nitrogens with zero attached hydrogens (tertiary/aromatic N) is 3. The van der Waals surface area contributed by atoms with Gasteiger partial charge >= 0.3 is 6.09 Å². The zero-order valence-electron chi connectivity index (χ0n) is 19.1. The van der Waals surface area contributed by atoms with Crippen LogP contribution in [0.4, 0.5) is 10.6 Å². The van der Waals surface area contributed by atoms with Crippen molar-refractivity contribution in [1.29, 1.82) is 0 Å². The fourth-order valence-electron chi connectivity index (χ4n) is 4.89. The molecule has 1 aromatic carbocycles. The topological polar surface area (TPSA) is 116 Å². The van der Waals surface area contributed by atoms with E-state index in [0.717, 1.165) is 32.1 Å². The first-order valence-corrected chi connectivity index (χ1v) is 11.4. The van der Waals surface area contributed by atoms with Crippen LogP contribution < -0.4 is 11.5 Å². The van der Waals surface area contributed by atoms with Gasteiger partial charge in [0.25, 0.3) is 5.91 Å². The van der Waals surface area contributed by atoms with Gasteiger partial charge in [-0.25, -0.2) is 9.48 Å². The fourth-order valence-corrected chi connectivity index (χ4v) is 4.89. The van der Waals surface area contributed by atoms with Crippen molar-refractivity contribution in [3.05, 3.63) is 46.6 Å². The zero-order valence-corrected chi connectivity index (χ0v) is 19.1. The lowest BCUT2D eigenvalue weighted by Gasteiger charge is -2.28. The molecule has 0 saturated carbocycles. The Morgan fingerprint density at radius 1 is 1.19 bits per heavy atom. The molecule has 1 saturated heterocycles. The number of primary amides is 1. The summed E-state index contributed by atoms with van der Waals surface area (Å²) in [6.07, 6.45) is 4.02. The van der Waals surface area contributed by atoms with Crippen LogP contribution in [0.15, 0.2) is 24.3 Å². The van der Waals surface area contributed by atoms with E-state index in [-0.39, 0.29) is 23.9 Å². The summed E-state index contributed by atoms with van der Waals surface area (Å²) in [5, 5.41) is 4.77. The number of carbonyl (C=O) groups is 2. The molecule has 4 rings (SSSR count). The molecular formula is C24H33N5O3. The minimum atomic E-state index is -0.557. The average molecular weight is 440 g/mol. The first kappa shape index (κ1) is 22.2. The Morgan fingerprint density at radius 2 is 1.91 bits per heavy atom. The van der Waals surface area contributed by atoms with E-state index >= 15 is 0 Å². The standard InChI is InChI=1S/C24H33N5O3/c1-24(2,3)32-23(31)28-12-6-9-18(28)14-29-21(25)19(22(26)30)20(27-29)17-11-10-15-7-4-5-8-16(15)13-17/h4-5,7-8,17-18H,6,9-14,25H2,1-3H3,(H2,26,30). The van der Waals surface area contributed by atoms with Gasteiger partial charge in [-0.15, -0.1) is 0 Å². The predicted octanol–water partition coefficient (Wildman–Crippen LogP) is 3.24. The Kier molecular flexibility index (Phi) is 5.88. The molecule has 2 aromatic rings. The summed E-state index contributed by atoms with van der Waals surface area (Å²) in [4.78, 5) is 26.7. The van der Waals surface area contributed by atoms with Gasteiger partial charge in [-0.2, -0.15) is 5.10 Å². The number of hydrogen-bond acceptors (Lipinski definition) is 5. The Morgan fingerprint density at radius 3 is 2.59 bits per heavy atom. The maximum absolute atomic E-state index is 12.7. The van der Waals surface area contributed by atoms with Crippen LogP contribution in [-0.4, -0.2) is 44.9 Å². The number of anilines is 1. The lowest BCUT2D eigenvalue weighted by atomic mass is 9.81. The van der Waals surface area contributed by atoms with E-state index in [1.807, 2.05) is 26.8 Å². The SMILES string of the molecule is CC(C)(C)OC(=O)N1CCCC1Cn1nc(C2CCc3ccccc3C2)c(C(N)=O)c1N. The summed E-state index contributed by atoms with van der Waals surface area (Å²) in [7, 11) is 0. The van der Waals surface area contributed by atoms with E-state index < -0.39 is 11.5 Å². The molecule has 1 aliphatic heterocycles. The van der Waals surface area contributed by atoms with E-state index in [0.29, 0.717) is 24.3 Å². The first-order valence-electron chi connectivity index (χ1n) is 11.4. The monoisotopic (exact) mass is 439 g/mol. The quantitative estimate of drug-likeness (QED) is 0.759. The second-order valence-electron chi connectivity index (χ2n) is 9.87. The molecule has 8 heteroatoms. The maximum atomic E-state index is 12.7. The number of aryl methyl sites for hydroxylation is 1. The second kappa shape index (κ2) is 8.48. The number of aromatic nitrogens is 2. The Hall–Kier alpha value is -3.03. The largest absolute Gasteiger partial charge is 0.444 e. The normalized spacial score (nSPS) is 20.8. The number of amides is 2. The van der Waals surface area contributed by atoms with E-state index in [2.05, 4.69) is 18.2 Å². The van der Waals surface area contributed by atoms with Crippen LogP contribution in [0.2, 0.25) is 0 Å². The third kappa shape index (κ3) is 4.45. The minimum absolute atomic E-state index is 0.0847. The molecule has 2 atom stereocenters. The highest BCUT2D eigenvalue weighted by Gasteiger charge is 2.35. The Labute approximate surface area is 188 Å². The third-order valence-corrected chi connectivity index (χ3v) is 6.39. The predicted molar refractivity (Wildman–Crippen MR) is 122 cm³/mol. The Bertz CT molecular complexity index is 1020. The van der Waals surface area contributed by atoms with Crippen molar-refractivity contribution < 1.29 is 14.3 Å². The van der Waals surface area contributed by atoms with Gasteiger partial charge < -0.3 is 21.1 Å². The van der Waals surface area contributed by atoms with Gasteiger partial charge in [-0.05, 0) is 64.0 Å². The molecule has 2 amide bonds. The summed E-state index contributed by atoms with van der Waals surface area (Å²) in [6.45, 7) is 6.62. The van der Waals surface area contributed by atoms with Crippen LogP contribution >= 0.6 is 0 Å². The summed E-state index contributed by atoms with van der Waals surface area (Å²) >= 11 is 0. The molecule has 0 radical (unpaired) electrons. The molecule has 0 bridgehead atoms. The number of carbonyl (C=O) groups excluding carboxylic acids is 2. The van der Waals surface area contributed by atoms with E-state index in [1.54, 1.807) is 9.58 Å². The highest BCUT2D eigenvalue weighted by Crippen LogP contribution is 2.35. The van der Waals surface area contributed by atoms with Gasteiger partial charge in [-0.1, -0.05) is 24.3 Å². The van der Waals surface area contributed by atoms with Gasteiger partial charge in [0, 0.05) is 12.5 Å². The van der Waals surface area contributed by atoms with Gasteiger partial charge in [0.05, 0.1) is 18.3 Å². The first-order chi connectivity index (χ1) is 15.1. The van der Waals surface area contributed by atoms with Crippen molar-refractivity contribution in [1.82, 2.24) is 14.7 Å². The molecule has 172 valence electrons. The van der Waals surface area contributed by atoms with Gasteiger partial charge in [-0.3, -0.25) is 4.79 Å². The molecule has 32 heavy (non-hydrogen) atoms. The zero-order chi connectivity index (χ0) is 23.0. The Balaban J connectivity index is 1.58. The van der Waals surface area contributed by atoms with E-state index in [9.17, 15) is 9.59 Å². The number of rotatable bonds is 4. The van der Waals surface area contributed by atoms with Crippen molar-refractivity contribution in [3.63, 3.8) is 0 Å². The van der Waals surface area contributed by atoms with Crippen LogP contribution in [0.5, 0.6) is 0 Å². The van der Waals surface area contributed by atoms with Gasteiger partial charge in [0.2, 0.25) is 0 Å². The molecular weight excluding hydrogens is 406 g/mol. The average Bonchev–Trinajstić information content (AvgIpc) is 3.31. The molecule has 2 unspecified atom stereocenters. The number of nitrogen functional groups attached to an aromatic ring is 1. The van der Waals surface area contributed by atoms with Crippen LogP contribution in [0, 0.1) is 0 Å². The van der Waals surface area contributed by atoms with Crippen molar-refractivity contribution >= 4 is 17.8 Å². The number of ether oxygens (including phenoxy) is 1. The molecule has 8 nitrogen and oxygen atoms in total. The number of benzene rings is 1.